The summed E-state index contributed by atoms with van der Waals surface area (Å²) in [5.74, 6) is 0.382. The molecule has 1 aromatic rings. The highest BCUT2D eigenvalue weighted by atomic mass is 16.5. The van der Waals surface area contributed by atoms with E-state index in [0.717, 1.165) is 6.42 Å². The lowest BCUT2D eigenvalue weighted by molar-refractivity contribution is -0.139. The molecule has 28 heavy (non-hydrogen) atoms. The lowest BCUT2D eigenvalue weighted by atomic mass is 9.84. The lowest BCUT2D eigenvalue weighted by Crippen LogP contribution is -2.48. The van der Waals surface area contributed by atoms with E-state index in [1.807, 2.05) is 12.1 Å². The predicted octanol–water partition coefficient (Wildman–Crippen LogP) is 1.94. The van der Waals surface area contributed by atoms with Crippen molar-refractivity contribution in [1.82, 2.24) is 10.2 Å². The standard InChI is InChI=1S/C21H28N2O5/c1-15(20(26)22-11-5-13-27-2)23-12-10-21(9-8-19(23)25)14-17(24)16-6-3-4-7-18(16)28-21/h3-4,6-7,15H,5,8-14H2,1-2H3,(H,22,26). The molecule has 1 aromatic carbocycles. The Labute approximate surface area is 165 Å². The van der Waals surface area contributed by atoms with Gasteiger partial charge in [-0.15, -0.1) is 0 Å². The van der Waals surface area contributed by atoms with Crippen LogP contribution in [0.2, 0.25) is 0 Å². The molecule has 2 heterocycles. The normalized spacial score (nSPS) is 23.0. The molecule has 0 bridgehead atoms. The van der Waals surface area contributed by atoms with Gasteiger partial charge in [-0.1, -0.05) is 12.1 Å². The van der Waals surface area contributed by atoms with Crippen molar-refractivity contribution in [2.24, 2.45) is 0 Å². The summed E-state index contributed by atoms with van der Waals surface area (Å²) in [4.78, 5) is 39.3. The van der Waals surface area contributed by atoms with Crippen molar-refractivity contribution < 1.29 is 23.9 Å². The third-order valence-electron chi connectivity index (χ3n) is 5.59. The van der Waals surface area contributed by atoms with Crippen LogP contribution < -0.4 is 10.1 Å². The van der Waals surface area contributed by atoms with E-state index in [4.69, 9.17) is 9.47 Å². The van der Waals surface area contributed by atoms with Crippen LogP contribution in [0.4, 0.5) is 0 Å². The minimum Gasteiger partial charge on any atom is -0.486 e. The van der Waals surface area contributed by atoms with Crippen LogP contribution in [0.3, 0.4) is 0 Å². The lowest BCUT2D eigenvalue weighted by Gasteiger charge is -2.37. The van der Waals surface area contributed by atoms with E-state index in [-0.39, 0.29) is 30.4 Å². The summed E-state index contributed by atoms with van der Waals surface area (Å²) in [5, 5.41) is 2.85. The Bertz CT molecular complexity index is 750. The average molecular weight is 388 g/mol. The Balaban J connectivity index is 1.66. The highest BCUT2D eigenvalue weighted by Crippen LogP contribution is 2.39. The Hall–Kier alpha value is -2.41. The molecular weight excluding hydrogens is 360 g/mol. The Kier molecular flexibility index (Phi) is 6.34. The van der Waals surface area contributed by atoms with Crippen LogP contribution >= 0.6 is 0 Å². The van der Waals surface area contributed by atoms with Gasteiger partial charge in [-0.25, -0.2) is 0 Å². The zero-order valence-electron chi connectivity index (χ0n) is 16.5. The van der Waals surface area contributed by atoms with Gasteiger partial charge in [-0.3, -0.25) is 14.4 Å². The summed E-state index contributed by atoms with van der Waals surface area (Å²) < 4.78 is 11.2. The van der Waals surface area contributed by atoms with E-state index in [0.29, 0.717) is 43.9 Å². The van der Waals surface area contributed by atoms with Gasteiger partial charge in [0, 0.05) is 39.6 Å². The number of nitrogens with one attached hydrogen (secondary N) is 1. The van der Waals surface area contributed by atoms with Crippen molar-refractivity contribution in [2.45, 2.75) is 50.7 Å². The molecule has 7 nitrogen and oxygen atoms in total. The number of hydrogen-bond acceptors (Lipinski definition) is 5. The summed E-state index contributed by atoms with van der Waals surface area (Å²) in [7, 11) is 1.62. The smallest absolute Gasteiger partial charge is 0.242 e. The first kappa shape index (κ1) is 20.3. The number of nitrogens with zero attached hydrogens (tertiary/aromatic N) is 1. The van der Waals surface area contributed by atoms with Crippen molar-refractivity contribution in [3.63, 3.8) is 0 Å². The molecule has 2 aliphatic rings. The quantitative estimate of drug-likeness (QED) is 0.753. The van der Waals surface area contributed by atoms with Crippen molar-refractivity contribution in [2.75, 3.05) is 26.8 Å². The second-order valence-corrected chi connectivity index (χ2v) is 7.53. The van der Waals surface area contributed by atoms with Crippen LogP contribution in [-0.4, -0.2) is 60.9 Å². The molecule has 2 unspecified atom stereocenters. The number of carbonyl (C=O) groups is 3. The number of amides is 2. The third-order valence-corrected chi connectivity index (χ3v) is 5.59. The largest absolute Gasteiger partial charge is 0.486 e. The van der Waals surface area contributed by atoms with Crippen molar-refractivity contribution >= 4 is 17.6 Å². The van der Waals surface area contributed by atoms with Crippen LogP contribution in [0.15, 0.2) is 24.3 Å². The Morgan fingerprint density at radius 1 is 1.32 bits per heavy atom. The number of benzene rings is 1. The summed E-state index contributed by atoms with van der Waals surface area (Å²) >= 11 is 0. The van der Waals surface area contributed by atoms with Crippen molar-refractivity contribution in [3.05, 3.63) is 29.8 Å². The molecule has 0 radical (unpaired) electrons. The van der Waals surface area contributed by atoms with Crippen LogP contribution in [-0.2, 0) is 14.3 Å². The molecule has 7 heteroatoms. The fourth-order valence-electron chi connectivity index (χ4n) is 3.90. The summed E-state index contributed by atoms with van der Waals surface area (Å²) in [6.07, 6.45) is 2.26. The number of methoxy groups -OCH3 is 1. The van der Waals surface area contributed by atoms with E-state index < -0.39 is 11.6 Å². The number of likely N-dealkylation sites (tertiary alicyclic amines) is 1. The number of carbonyl (C=O) groups excluding carboxylic acids is 3. The maximum atomic E-state index is 12.7. The highest BCUT2D eigenvalue weighted by molar-refractivity contribution is 6.00. The maximum Gasteiger partial charge on any atom is 0.242 e. The number of ether oxygens (including phenoxy) is 2. The Morgan fingerprint density at radius 3 is 2.89 bits per heavy atom. The first-order chi connectivity index (χ1) is 13.5. The van der Waals surface area contributed by atoms with Gasteiger partial charge < -0.3 is 19.7 Å². The van der Waals surface area contributed by atoms with E-state index in [9.17, 15) is 14.4 Å². The molecule has 0 aliphatic carbocycles. The van der Waals surface area contributed by atoms with Gasteiger partial charge in [-0.2, -0.15) is 0 Å². The number of Topliss-reactive ketones (excluding diaryl/α,β-unsaturated/α-hetero) is 1. The molecule has 1 saturated heterocycles. The molecule has 3 rings (SSSR count). The van der Waals surface area contributed by atoms with Crippen molar-refractivity contribution in [1.29, 1.82) is 0 Å². The number of rotatable bonds is 6. The molecule has 2 amide bonds. The first-order valence-electron chi connectivity index (χ1n) is 9.83. The first-order valence-corrected chi connectivity index (χ1v) is 9.83. The third kappa shape index (κ3) is 4.35. The molecular formula is C21H28N2O5. The molecule has 152 valence electrons. The number of fused-ring (bicyclic) bond motifs is 1. The summed E-state index contributed by atoms with van der Waals surface area (Å²) in [6, 6.07) is 6.68. The van der Waals surface area contributed by atoms with Crippen molar-refractivity contribution in [3.8, 4) is 5.75 Å². The van der Waals surface area contributed by atoms with E-state index >= 15 is 0 Å². The second kappa shape index (κ2) is 8.73. The topological polar surface area (TPSA) is 84.9 Å². The predicted molar refractivity (Wildman–Crippen MR) is 103 cm³/mol. The summed E-state index contributed by atoms with van der Waals surface area (Å²) in [5.41, 5.74) is -0.0748. The van der Waals surface area contributed by atoms with Gasteiger partial charge in [0.1, 0.15) is 17.4 Å². The van der Waals surface area contributed by atoms with E-state index in [1.54, 1.807) is 31.1 Å². The molecule has 2 aliphatic heterocycles. The number of ketones is 1. The highest BCUT2D eigenvalue weighted by Gasteiger charge is 2.44. The molecule has 1 fully saturated rings. The Morgan fingerprint density at radius 2 is 2.11 bits per heavy atom. The van der Waals surface area contributed by atoms with Crippen LogP contribution in [0.25, 0.3) is 0 Å². The SMILES string of the molecule is COCCCNC(=O)C(C)N1CCC2(CCC1=O)CC(=O)c1ccccc1O2. The second-order valence-electron chi connectivity index (χ2n) is 7.53. The van der Waals surface area contributed by atoms with Gasteiger partial charge in [0.05, 0.1) is 12.0 Å². The van der Waals surface area contributed by atoms with Crippen LogP contribution in [0.5, 0.6) is 5.75 Å². The zero-order valence-corrected chi connectivity index (χ0v) is 16.5. The minimum absolute atomic E-state index is 0.0479. The van der Waals surface area contributed by atoms with Gasteiger partial charge in [0.2, 0.25) is 11.8 Å². The summed E-state index contributed by atoms with van der Waals surface area (Å²) in [6.45, 7) is 3.22. The van der Waals surface area contributed by atoms with Gasteiger partial charge >= 0.3 is 0 Å². The van der Waals surface area contributed by atoms with Gasteiger partial charge in [0.15, 0.2) is 5.78 Å². The molecule has 2 atom stereocenters. The molecule has 1 spiro atoms. The molecule has 1 N–H and O–H groups in total. The van der Waals surface area contributed by atoms with Gasteiger partial charge in [-0.05, 0) is 31.9 Å². The number of para-hydroxylation sites is 1. The number of hydrogen-bond donors (Lipinski definition) is 1. The van der Waals surface area contributed by atoms with E-state index in [1.165, 1.54) is 0 Å². The zero-order chi connectivity index (χ0) is 20.1. The van der Waals surface area contributed by atoms with E-state index in [2.05, 4.69) is 5.32 Å². The average Bonchev–Trinajstić information content (AvgIpc) is 2.84. The monoisotopic (exact) mass is 388 g/mol. The molecule has 0 aromatic heterocycles. The minimum atomic E-state index is -0.676. The van der Waals surface area contributed by atoms with Gasteiger partial charge in [0.25, 0.3) is 0 Å². The maximum absolute atomic E-state index is 12.7. The fraction of sp³-hybridized carbons (Fsp3) is 0.571. The van der Waals surface area contributed by atoms with Crippen LogP contribution in [0.1, 0.15) is 49.4 Å². The molecule has 0 saturated carbocycles. The van der Waals surface area contributed by atoms with Crippen LogP contribution in [0, 0.1) is 0 Å². The fourth-order valence-corrected chi connectivity index (χ4v) is 3.90.